The molecular formula is C50H79NO19. The van der Waals surface area contributed by atoms with Crippen LogP contribution in [0.2, 0.25) is 0 Å². The highest BCUT2D eigenvalue weighted by atomic mass is 16.8. The van der Waals surface area contributed by atoms with Gasteiger partial charge in [0, 0.05) is 6.42 Å². The van der Waals surface area contributed by atoms with Gasteiger partial charge in [0.1, 0.15) is 73.1 Å². The number of carbonyl (C=O) groups excluding carboxylic acids is 2. The Balaban J connectivity index is 1.12. The van der Waals surface area contributed by atoms with Gasteiger partial charge < -0.3 is 90.0 Å². The lowest BCUT2D eigenvalue weighted by Crippen LogP contribution is -2.69. The van der Waals surface area contributed by atoms with Crippen molar-refractivity contribution in [2.24, 2.45) is 56.0 Å². The van der Waals surface area contributed by atoms with E-state index in [9.17, 15) is 65.4 Å². The summed E-state index contributed by atoms with van der Waals surface area (Å²) in [6.45, 7) is 12.1. The summed E-state index contributed by atoms with van der Waals surface area (Å²) in [5.41, 5.74) is 3.61. The third kappa shape index (κ3) is 8.48. The molecule has 0 aromatic carbocycles. The van der Waals surface area contributed by atoms with E-state index < -0.39 is 139 Å². The van der Waals surface area contributed by atoms with Gasteiger partial charge in [0.15, 0.2) is 25.0 Å². The molecule has 0 aromatic rings. The van der Waals surface area contributed by atoms with Crippen LogP contribution >= 0.6 is 0 Å². The Hall–Kier alpha value is -2.09. The topological polar surface area (TPSA) is 335 Å². The quantitative estimate of drug-likeness (QED) is 0.0647. The molecule has 70 heavy (non-hydrogen) atoms. The summed E-state index contributed by atoms with van der Waals surface area (Å²) in [6, 6.07) is 0. The number of ketones is 1. The van der Waals surface area contributed by atoms with Crippen LogP contribution in [0.25, 0.3) is 0 Å². The minimum Gasteiger partial charge on any atom is -0.479 e. The summed E-state index contributed by atoms with van der Waals surface area (Å²) >= 11 is 0. The number of carbonyl (C=O) groups is 3. The smallest absolute Gasteiger partial charge is 0.335 e. The fourth-order valence-corrected chi connectivity index (χ4v) is 15.4. The number of hydrogen-bond donors (Lipinski definition) is 11. The van der Waals surface area contributed by atoms with Crippen molar-refractivity contribution in [3.05, 3.63) is 11.6 Å². The molecule has 3 heterocycles. The van der Waals surface area contributed by atoms with Crippen LogP contribution in [0.1, 0.15) is 112 Å². The Kier molecular flexibility index (Phi) is 15.1. The van der Waals surface area contributed by atoms with E-state index in [1.807, 2.05) is 0 Å². The number of nitrogens with two attached hydrogens (primary N) is 1. The van der Waals surface area contributed by atoms with Gasteiger partial charge in [-0.25, -0.2) is 4.79 Å². The summed E-state index contributed by atoms with van der Waals surface area (Å²) in [4.78, 5) is 41.1. The highest BCUT2D eigenvalue weighted by Crippen LogP contribution is 2.76. The number of allylic oxidation sites excluding steroid dienone is 2. The number of Topliss-reactive ketones (excluding diaryl/α,β-unsaturated/α-hetero) is 1. The average Bonchev–Trinajstić information content (AvgIpc) is 3.30. The van der Waals surface area contributed by atoms with Gasteiger partial charge in [-0.05, 0) is 110 Å². The molecule has 0 radical (unpaired) electrons. The fraction of sp³-hybridized carbons (Fsp3) is 0.900. The van der Waals surface area contributed by atoms with Crippen molar-refractivity contribution in [3.63, 3.8) is 0 Å². The van der Waals surface area contributed by atoms with Crippen molar-refractivity contribution in [3.8, 4) is 0 Å². The van der Waals surface area contributed by atoms with Crippen LogP contribution in [-0.2, 0) is 42.8 Å². The van der Waals surface area contributed by atoms with E-state index in [0.717, 1.165) is 19.1 Å². The van der Waals surface area contributed by atoms with Crippen LogP contribution in [0.3, 0.4) is 0 Å². The van der Waals surface area contributed by atoms with Crippen LogP contribution in [0.4, 0.5) is 0 Å². The molecule has 5 aliphatic carbocycles. The highest BCUT2D eigenvalue weighted by molar-refractivity contribution is 5.87. The lowest BCUT2D eigenvalue weighted by atomic mass is 9.33. The Bertz CT molecular complexity index is 1970. The van der Waals surface area contributed by atoms with Gasteiger partial charge >= 0.3 is 5.97 Å². The van der Waals surface area contributed by atoms with Crippen molar-refractivity contribution in [1.29, 1.82) is 0 Å². The van der Waals surface area contributed by atoms with E-state index >= 15 is 0 Å². The molecule has 3 saturated heterocycles. The van der Waals surface area contributed by atoms with Crippen molar-refractivity contribution in [1.82, 2.24) is 0 Å². The molecule has 0 amide bonds. The molecule has 20 heteroatoms. The first kappa shape index (κ1) is 54.2. The summed E-state index contributed by atoms with van der Waals surface area (Å²) in [6.07, 6.45) is -18.3. The first-order valence-electron chi connectivity index (χ1n) is 25.4. The second-order valence-corrected chi connectivity index (χ2v) is 23.8. The molecule has 8 aliphatic rings. The maximum Gasteiger partial charge on any atom is 0.335 e. The summed E-state index contributed by atoms with van der Waals surface area (Å²) in [7, 11) is 0. The van der Waals surface area contributed by atoms with E-state index in [1.54, 1.807) is 6.92 Å². The normalized spacial score (nSPS) is 52.2. The summed E-state index contributed by atoms with van der Waals surface area (Å²) in [5.74, 6) is -2.00. The number of hydrogen-bond acceptors (Lipinski definition) is 19. The van der Waals surface area contributed by atoms with E-state index in [-0.39, 0.29) is 40.8 Å². The zero-order valence-electron chi connectivity index (χ0n) is 41.2. The van der Waals surface area contributed by atoms with Gasteiger partial charge in [0.2, 0.25) is 0 Å². The van der Waals surface area contributed by atoms with Crippen molar-refractivity contribution < 1.29 is 93.9 Å². The van der Waals surface area contributed by atoms with Crippen molar-refractivity contribution >= 4 is 18.0 Å². The number of aliphatic hydroxyl groups is 9. The molecule has 24 atom stereocenters. The Morgan fingerprint density at radius 2 is 1.46 bits per heavy atom. The lowest BCUT2D eigenvalue weighted by Gasteiger charge is -2.71. The van der Waals surface area contributed by atoms with Gasteiger partial charge in [0.05, 0.1) is 36.3 Å². The van der Waals surface area contributed by atoms with Crippen molar-refractivity contribution in [2.45, 2.75) is 210 Å². The van der Waals surface area contributed by atoms with Crippen molar-refractivity contribution in [2.75, 3.05) is 19.8 Å². The molecular weight excluding hydrogens is 919 g/mol. The standard InChI is InChI=1S/C50H79NO19/c1-45(2)15-16-50(29(55)8-7-17-51)24(18-45)23-9-10-28-46(3)13-12-31(47(4,22-53)27(46)11-14-48(28,5)49(23,6)19-30(50)56)67-44-40(70-43-36(61)34(59)33(58)26(20-52)66-43)38(37(62)39(69-44)41(63)64)68-42-35(60)32(57)25(54)21-65-42/h9,22,24-28,30-40,42-44,52,54,56-62H,7-8,10-21,51H2,1-6H3,(H,63,64)/t24-,25-,26?,27-,28?,30+,31+,32+,33+,34+,35+,36+,37+,38+,39?,40+,42?,43?,44?,46?,47-,48+,49-,50?/m1/s1. The third-order valence-electron chi connectivity index (χ3n) is 19.7. The van der Waals surface area contributed by atoms with Crippen LogP contribution in [0.5, 0.6) is 0 Å². The first-order chi connectivity index (χ1) is 32.8. The zero-order chi connectivity index (χ0) is 51.3. The number of aliphatic hydroxyl groups excluding tert-OH is 9. The molecule has 3 aliphatic heterocycles. The van der Waals surface area contributed by atoms with Gasteiger partial charge in [-0.1, -0.05) is 53.2 Å². The van der Waals surface area contributed by atoms with Crippen LogP contribution < -0.4 is 5.73 Å². The molecule has 0 aromatic heterocycles. The van der Waals surface area contributed by atoms with E-state index in [2.05, 4.69) is 40.7 Å². The van der Waals surface area contributed by atoms with Gasteiger partial charge in [-0.3, -0.25) is 4.79 Å². The van der Waals surface area contributed by atoms with Gasteiger partial charge in [-0.2, -0.15) is 0 Å². The number of carboxylic acids is 1. The maximum absolute atomic E-state index is 14.4. The van der Waals surface area contributed by atoms with Gasteiger partial charge in [-0.15, -0.1) is 0 Å². The zero-order valence-corrected chi connectivity index (χ0v) is 41.2. The number of aldehydes is 1. The number of aliphatic carboxylic acids is 1. The lowest BCUT2D eigenvalue weighted by molar-refractivity contribution is -0.391. The molecule has 398 valence electrons. The molecule has 7 fully saturated rings. The second kappa shape index (κ2) is 19.6. The maximum atomic E-state index is 14.4. The summed E-state index contributed by atoms with van der Waals surface area (Å²) < 4.78 is 36.0. The largest absolute Gasteiger partial charge is 0.479 e. The van der Waals surface area contributed by atoms with E-state index in [1.165, 1.54) is 5.57 Å². The predicted octanol–water partition coefficient (Wildman–Crippen LogP) is -0.189. The van der Waals surface area contributed by atoms with Gasteiger partial charge in [0.25, 0.3) is 0 Å². The number of carboxylic acid groups (broad SMARTS) is 1. The van der Waals surface area contributed by atoms with Crippen LogP contribution in [0.15, 0.2) is 11.6 Å². The summed E-state index contributed by atoms with van der Waals surface area (Å²) in [5, 5.41) is 108. The highest BCUT2D eigenvalue weighted by Gasteiger charge is 2.72. The van der Waals surface area contributed by atoms with E-state index in [0.29, 0.717) is 57.9 Å². The third-order valence-corrected chi connectivity index (χ3v) is 19.7. The molecule has 4 saturated carbocycles. The SMILES string of the molecule is CC1(C)CCC2(C(=O)CCCN)[C@H](C1)C1=CCC3C4(C)CC[C@H](OC5OC(C(=O)O)[C@@H](O)[C@H](OC6OC[C@@H](O)[C@H](O)[C@@H]6O)[C@@H]5OC5OC(CO)[C@H](O)[C@H](O)[C@@H]5O)[C@](C)(C=O)[C@@H]4CC[C@]3(C)[C@]1(C)C[C@@H]2O. The Labute approximate surface area is 408 Å². The molecule has 0 spiro atoms. The van der Waals surface area contributed by atoms with Crippen LogP contribution in [-0.4, -0.2) is 187 Å². The predicted molar refractivity (Wildman–Crippen MR) is 243 cm³/mol. The molecule has 12 N–H and O–H groups in total. The van der Waals surface area contributed by atoms with E-state index in [4.69, 9.17) is 34.2 Å². The number of fused-ring (bicyclic) bond motifs is 7. The molecule has 8 rings (SSSR count). The Morgan fingerprint density at radius 3 is 2.11 bits per heavy atom. The monoisotopic (exact) mass is 998 g/mol. The van der Waals surface area contributed by atoms with Crippen LogP contribution in [0, 0.1) is 50.2 Å². The first-order valence-corrected chi connectivity index (χ1v) is 25.4. The minimum atomic E-state index is -2.13. The molecule has 20 nitrogen and oxygen atoms in total. The minimum absolute atomic E-state index is 0.0188. The second-order valence-electron chi connectivity index (χ2n) is 23.8. The fourth-order valence-electron chi connectivity index (χ4n) is 15.4. The Morgan fingerprint density at radius 1 is 0.771 bits per heavy atom. The molecule has 8 unspecified atom stereocenters. The number of ether oxygens (including phenoxy) is 6. The molecule has 0 bridgehead atoms. The average molecular weight is 998 g/mol. The number of rotatable bonds is 13.